The van der Waals surface area contributed by atoms with E-state index in [4.69, 9.17) is 24.5 Å². The van der Waals surface area contributed by atoms with Crippen molar-refractivity contribution in [3.8, 4) is 23.0 Å². The number of nitrogens with zero attached hydrogens (tertiary/aromatic N) is 5. The van der Waals surface area contributed by atoms with Crippen molar-refractivity contribution < 1.29 is 9.47 Å². The van der Waals surface area contributed by atoms with Gasteiger partial charge in [0.05, 0.1) is 7.11 Å². The standard InChI is InChI=1S/C21H28N6O2.2ClH/c1-3-4-11-27-21(18-14-26-12-10-22-9-8-20(26)23-18)24-19(25-27)15-29-17-7-5-6-16(13-17)28-2;;/h5-7,13-14,22H,3-4,8-12,15H2,1-2H3;2*1H. The molecule has 8 nitrogen and oxygen atoms in total. The van der Waals surface area contributed by atoms with Crippen LogP contribution in [0.1, 0.15) is 31.4 Å². The lowest BCUT2D eigenvalue weighted by Crippen LogP contribution is -2.17. The highest BCUT2D eigenvalue weighted by Gasteiger charge is 2.18. The quantitative estimate of drug-likeness (QED) is 0.544. The molecule has 1 aliphatic heterocycles. The van der Waals surface area contributed by atoms with Gasteiger partial charge >= 0.3 is 0 Å². The number of unbranched alkanes of at least 4 members (excludes halogenated alkanes) is 1. The summed E-state index contributed by atoms with van der Waals surface area (Å²) in [6.45, 7) is 6.15. The van der Waals surface area contributed by atoms with Crippen LogP contribution in [0.4, 0.5) is 0 Å². The lowest BCUT2D eigenvalue weighted by molar-refractivity contribution is 0.292. The van der Waals surface area contributed by atoms with Gasteiger partial charge in [-0.2, -0.15) is 5.10 Å². The second kappa shape index (κ2) is 11.9. The van der Waals surface area contributed by atoms with Crippen LogP contribution in [0.2, 0.25) is 0 Å². The highest BCUT2D eigenvalue weighted by Crippen LogP contribution is 2.22. The molecule has 0 atom stereocenters. The maximum absolute atomic E-state index is 5.89. The molecule has 3 aromatic rings. The van der Waals surface area contributed by atoms with Crippen LogP contribution in [0.25, 0.3) is 11.5 Å². The zero-order valence-electron chi connectivity index (χ0n) is 17.9. The molecule has 0 unspecified atom stereocenters. The third kappa shape index (κ3) is 6.12. The van der Waals surface area contributed by atoms with Gasteiger partial charge in [0, 0.05) is 44.9 Å². The topological polar surface area (TPSA) is 79.0 Å². The van der Waals surface area contributed by atoms with Gasteiger partial charge in [-0.05, 0) is 18.6 Å². The minimum absolute atomic E-state index is 0. The molecule has 0 amide bonds. The fourth-order valence-electron chi connectivity index (χ4n) is 3.42. The first-order valence-corrected chi connectivity index (χ1v) is 10.2. The smallest absolute Gasteiger partial charge is 0.188 e. The van der Waals surface area contributed by atoms with Crippen LogP contribution >= 0.6 is 24.8 Å². The Labute approximate surface area is 195 Å². The summed E-state index contributed by atoms with van der Waals surface area (Å²) >= 11 is 0. The van der Waals surface area contributed by atoms with Crippen molar-refractivity contribution in [2.24, 2.45) is 0 Å². The van der Waals surface area contributed by atoms with E-state index in [2.05, 4.69) is 23.0 Å². The summed E-state index contributed by atoms with van der Waals surface area (Å²) in [7, 11) is 1.64. The van der Waals surface area contributed by atoms with Gasteiger partial charge in [0.1, 0.15) is 29.6 Å². The highest BCUT2D eigenvalue weighted by molar-refractivity contribution is 5.85. The van der Waals surface area contributed by atoms with E-state index in [9.17, 15) is 0 Å². The highest BCUT2D eigenvalue weighted by atomic mass is 35.5. The number of rotatable bonds is 8. The molecule has 0 saturated carbocycles. The van der Waals surface area contributed by atoms with E-state index in [1.807, 2.05) is 28.9 Å². The summed E-state index contributed by atoms with van der Waals surface area (Å²) in [4.78, 5) is 9.61. The maximum Gasteiger partial charge on any atom is 0.188 e. The molecule has 0 bridgehead atoms. The summed E-state index contributed by atoms with van der Waals surface area (Å²) in [6.07, 6.45) is 5.17. The minimum atomic E-state index is 0. The van der Waals surface area contributed by atoms with E-state index in [-0.39, 0.29) is 24.8 Å². The van der Waals surface area contributed by atoms with Gasteiger partial charge in [-0.3, -0.25) is 0 Å². The molecule has 2 aromatic heterocycles. The van der Waals surface area contributed by atoms with E-state index >= 15 is 0 Å². The maximum atomic E-state index is 5.89. The van der Waals surface area contributed by atoms with E-state index in [0.29, 0.717) is 12.4 Å². The lowest BCUT2D eigenvalue weighted by atomic mass is 10.3. The van der Waals surface area contributed by atoms with Crippen molar-refractivity contribution in [3.05, 3.63) is 42.1 Å². The van der Waals surface area contributed by atoms with Crippen molar-refractivity contribution in [1.29, 1.82) is 0 Å². The number of halogens is 2. The van der Waals surface area contributed by atoms with Gasteiger partial charge in [0.15, 0.2) is 11.6 Å². The Kier molecular flexibility index (Phi) is 9.61. The molecule has 170 valence electrons. The van der Waals surface area contributed by atoms with Gasteiger partial charge in [0.2, 0.25) is 0 Å². The Morgan fingerprint density at radius 2 is 1.97 bits per heavy atom. The molecule has 4 rings (SSSR count). The van der Waals surface area contributed by atoms with Gasteiger partial charge in [-0.25, -0.2) is 14.6 Å². The van der Waals surface area contributed by atoms with Crippen molar-refractivity contribution in [2.75, 3.05) is 20.2 Å². The fraction of sp³-hybridized carbons (Fsp3) is 0.476. The number of nitrogens with one attached hydrogen (secondary N) is 1. The average Bonchev–Trinajstić information content (AvgIpc) is 3.28. The molecule has 1 aromatic carbocycles. The predicted octanol–water partition coefficient (Wildman–Crippen LogP) is 3.52. The molecule has 0 spiro atoms. The number of imidazole rings is 1. The summed E-state index contributed by atoms with van der Waals surface area (Å²) in [5.74, 6) is 4.07. The summed E-state index contributed by atoms with van der Waals surface area (Å²) in [6, 6.07) is 7.55. The number of benzene rings is 1. The summed E-state index contributed by atoms with van der Waals surface area (Å²) in [5.41, 5.74) is 0.887. The molecule has 31 heavy (non-hydrogen) atoms. The van der Waals surface area contributed by atoms with Gasteiger partial charge in [-0.15, -0.1) is 24.8 Å². The second-order valence-electron chi connectivity index (χ2n) is 7.13. The Hall–Kier alpha value is -2.29. The predicted molar refractivity (Wildman–Crippen MR) is 125 cm³/mol. The number of methoxy groups -OCH3 is 1. The molecule has 1 N–H and O–H groups in total. The first kappa shape index (κ1) is 25.0. The molecule has 0 aliphatic carbocycles. The molecule has 3 heterocycles. The van der Waals surface area contributed by atoms with Crippen molar-refractivity contribution in [3.63, 3.8) is 0 Å². The Morgan fingerprint density at radius 3 is 2.77 bits per heavy atom. The molecule has 1 aliphatic rings. The molecule has 0 radical (unpaired) electrons. The van der Waals surface area contributed by atoms with Gasteiger partial charge in [0.25, 0.3) is 0 Å². The Balaban J connectivity index is 0.00000171. The summed E-state index contributed by atoms with van der Waals surface area (Å²) < 4.78 is 15.3. The fourth-order valence-corrected chi connectivity index (χ4v) is 3.42. The van der Waals surface area contributed by atoms with Crippen LogP contribution in [0, 0.1) is 0 Å². The molecular formula is C21H30Cl2N6O2. The molecule has 0 fully saturated rings. The number of hydrogen-bond acceptors (Lipinski definition) is 6. The van der Waals surface area contributed by atoms with Crippen LogP contribution in [0.15, 0.2) is 30.5 Å². The first-order chi connectivity index (χ1) is 14.3. The van der Waals surface area contributed by atoms with Crippen molar-refractivity contribution in [2.45, 2.75) is 45.9 Å². The van der Waals surface area contributed by atoms with E-state index in [1.54, 1.807) is 7.11 Å². The lowest BCUT2D eigenvalue weighted by Gasteiger charge is -2.05. The third-order valence-electron chi connectivity index (χ3n) is 4.99. The minimum Gasteiger partial charge on any atom is -0.497 e. The zero-order chi connectivity index (χ0) is 20.1. The van der Waals surface area contributed by atoms with Crippen molar-refractivity contribution >= 4 is 24.8 Å². The number of aromatic nitrogens is 5. The van der Waals surface area contributed by atoms with Crippen molar-refractivity contribution in [1.82, 2.24) is 29.6 Å². The SMILES string of the molecule is CCCCn1nc(COc2cccc(OC)c2)nc1-c1cn2c(n1)CCNCC2.Cl.Cl. The van der Waals surface area contributed by atoms with E-state index in [1.165, 1.54) is 0 Å². The monoisotopic (exact) mass is 468 g/mol. The van der Waals surface area contributed by atoms with E-state index < -0.39 is 0 Å². The first-order valence-electron chi connectivity index (χ1n) is 10.2. The van der Waals surface area contributed by atoms with Crippen LogP contribution in [0.3, 0.4) is 0 Å². The molecule has 0 saturated heterocycles. The Bertz CT molecular complexity index is 936. The number of hydrogen-bond donors (Lipinski definition) is 1. The number of fused-ring (bicyclic) bond motifs is 1. The van der Waals surface area contributed by atoms with Crippen LogP contribution in [-0.2, 0) is 26.1 Å². The number of aryl methyl sites for hydroxylation is 1. The third-order valence-corrected chi connectivity index (χ3v) is 4.99. The second-order valence-corrected chi connectivity index (χ2v) is 7.13. The van der Waals surface area contributed by atoms with E-state index in [0.717, 1.165) is 74.3 Å². The van der Waals surface area contributed by atoms with Crippen LogP contribution < -0.4 is 14.8 Å². The molecular weight excluding hydrogens is 439 g/mol. The molecule has 10 heteroatoms. The van der Waals surface area contributed by atoms with Gasteiger partial charge < -0.3 is 19.4 Å². The largest absolute Gasteiger partial charge is 0.497 e. The van der Waals surface area contributed by atoms with Crippen LogP contribution in [0.5, 0.6) is 11.5 Å². The summed E-state index contributed by atoms with van der Waals surface area (Å²) in [5, 5.41) is 8.10. The zero-order valence-corrected chi connectivity index (χ0v) is 19.5. The number of ether oxygens (including phenoxy) is 2. The average molecular weight is 469 g/mol. The van der Waals surface area contributed by atoms with Gasteiger partial charge in [-0.1, -0.05) is 19.4 Å². The normalized spacial score (nSPS) is 12.8. The van der Waals surface area contributed by atoms with Crippen LogP contribution in [-0.4, -0.2) is 44.5 Å². The Morgan fingerprint density at radius 1 is 1.13 bits per heavy atom.